The van der Waals surface area contributed by atoms with Crippen molar-refractivity contribution in [1.82, 2.24) is 5.16 Å². The minimum Gasteiger partial charge on any atom is -0.380 e. The number of benzene rings is 2. The van der Waals surface area contributed by atoms with Gasteiger partial charge in [-0.25, -0.2) is 4.39 Å². The standard InChI is InChI=1S/C16H12BrFN2O/c1-9-6-7-10(8-13(9)18)15-14(16(19)20-21-15)11-4-2-3-5-12(11)17/h2-8H,1H3,(H2,19,20). The van der Waals surface area contributed by atoms with Crippen molar-refractivity contribution in [2.24, 2.45) is 0 Å². The van der Waals surface area contributed by atoms with E-state index in [1.54, 1.807) is 19.1 Å². The fraction of sp³-hybridized carbons (Fsp3) is 0.0625. The molecular weight excluding hydrogens is 335 g/mol. The van der Waals surface area contributed by atoms with E-state index in [1.165, 1.54) is 6.07 Å². The third-order valence-electron chi connectivity index (χ3n) is 3.30. The molecule has 0 saturated carbocycles. The van der Waals surface area contributed by atoms with E-state index >= 15 is 0 Å². The number of anilines is 1. The molecule has 0 saturated heterocycles. The maximum atomic E-state index is 13.8. The van der Waals surface area contributed by atoms with Crippen LogP contribution in [-0.2, 0) is 0 Å². The zero-order valence-corrected chi connectivity index (χ0v) is 12.8. The maximum absolute atomic E-state index is 13.8. The molecule has 106 valence electrons. The van der Waals surface area contributed by atoms with E-state index in [4.69, 9.17) is 10.3 Å². The van der Waals surface area contributed by atoms with Crippen molar-refractivity contribution in [3.63, 3.8) is 0 Å². The van der Waals surface area contributed by atoms with Crippen molar-refractivity contribution in [1.29, 1.82) is 0 Å². The highest BCUT2D eigenvalue weighted by Gasteiger charge is 2.20. The topological polar surface area (TPSA) is 52.0 Å². The van der Waals surface area contributed by atoms with Gasteiger partial charge in [0.05, 0.1) is 5.56 Å². The van der Waals surface area contributed by atoms with Gasteiger partial charge in [-0.1, -0.05) is 51.4 Å². The van der Waals surface area contributed by atoms with Crippen LogP contribution in [0.2, 0.25) is 0 Å². The quantitative estimate of drug-likeness (QED) is 0.724. The largest absolute Gasteiger partial charge is 0.380 e. The van der Waals surface area contributed by atoms with Crippen LogP contribution < -0.4 is 5.73 Å². The number of aromatic nitrogens is 1. The van der Waals surface area contributed by atoms with Crippen molar-refractivity contribution in [2.75, 3.05) is 5.73 Å². The van der Waals surface area contributed by atoms with E-state index in [-0.39, 0.29) is 11.6 Å². The zero-order valence-electron chi connectivity index (χ0n) is 11.2. The number of halogens is 2. The summed E-state index contributed by atoms with van der Waals surface area (Å²) in [6.45, 7) is 1.71. The number of hydrogen-bond acceptors (Lipinski definition) is 3. The van der Waals surface area contributed by atoms with Gasteiger partial charge >= 0.3 is 0 Å². The smallest absolute Gasteiger partial charge is 0.177 e. The van der Waals surface area contributed by atoms with Crippen LogP contribution in [0, 0.1) is 12.7 Å². The van der Waals surface area contributed by atoms with E-state index < -0.39 is 0 Å². The van der Waals surface area contributed by atoms with Crippen LogP contribution in [0.3, 0.4) is 0 Å². The molecule has 0 aliphatic carbocycles. The van der Waals surface area contributed by atoms with Crippen molar-refractivity contribution < 1.29 is 8.91 Å². The molecule has 0 aliphatic heterocycles. The Hall–Kier alpha value is -2.14. The molecule has 21 heavy (non-hydrogen) atoms. The van der Waals surface area contributed by atoms with Crippen molar-refractivity contribution >= 4 is 21.7 Å². The van der Waals surface area contributed by atoms with E-state index in [0.717, 1.165) is 10.0 Å². The molecule has 0 bridgehead atoms. The Morgan fingerprint density at radius 2 is 1.95 bits per heavy atom. The van der Waals surface area contributed by atoms with Gasteiger partial charge in [0, 0.05) is 15.6 Å². The zero-order chi connectivity index (χ0) is 15.0. The van der Waals surface area contributed by atoms with Crippen molar-refractivity contribution in [2.45, 2.75) is 6.92 Å². The first-order valence-corrected chi connectivity index (χ1v) is 7.14. The summed E-state index contributed by atoms with van der Waals surface area (Å²) in [5, 5.41) is 3.82. The molecule has 5 heteroatoms. The van der Waals surface area contributed by atoms with E-state index in [2.05, 4.69) is 21.1 Å². The van der Waals surface area contributed by atoms with Gasteiger partial charge in [-0.3, -0.25) is 0 Å². The van der Waals surface area contributed by atoms with Crippen LogP contribution in [-0.4, -0.2) is 5.16 Å². The van der Waals surface area contributed by atoms with Crippen LogP contribution in [0.5, 0.6) is 0 Å². The summed E-state index contributed by atoms with van der Waals surface area (Å²) < 4.78 is 20.0. The first-order chi connectivity index (χ1) is 10.1. The lowest BCUT2D eigenvalue weighted by Gasteiger charge is -2.06. The van der Waals surface area contributed by atoms with Gasteiger partial charge in [0.1, 0.15) is 5.82 Å². The molecule has 3 rings (SSSR count). The van der Waals surface area contributed by atoms with E-state index in [1.807, 2.05) is 24.3 Å². The molecule has 0 atom stereocenters. The van der Waals surface area contributed by atoms with Gasteiger partial charge in [-0.15, -0.1) is 0 Å². The Morgan fingerprint density at radius 1 is 1.19 bits per heavy atom. The fourth-order valence-electron chi connectivity index (χ4n) is 2.16. The Kier molecular flexibility index (Phi) is 3.51. The molecule has 0 aliphatic rings. The summed E-state index contributed by atoms with van der Waals surface area (Å²) in [6.07, 6.45) is 0. The van der Waals surface area contributed by atoms with Gasteiger partial charge in [-0.2, -0.15) is 0 Å². The summed E-state index contributed by atoms with van der Waals surface area (Å²) >= 11 is 3.49. The first-order valence-electron chi connectivity index (χ1n) is 6.34. The Morgan fingerprint density at radius 3 is 2.67 bits per heavy atom. The highest BCUT2D eigenvalue weighted by atomic mass is 79.9. The second-order valence-corrected chi connectivity index (χ2v) is 5.57. The summed E-state index contributed by atoms with van der Waals surface area (Å²) in [5.41, 5.74) is 8.62. The summed E-state index contributed by atoms with van der Waals surface area (Å²) in [4.78, 5) is 0. The minimum absolute atomic E-state index is 0.276. The molecule has 2 aromatic carbocycles. The number of aryl methyl sites for hydroxylation is 1. The van der Waals surface area contributed by atoms with Crippen LogP contribution in [0.1, 0.15) is 5.56 Å². The van der Waals surface area contributed by atoms with Gasteiger partial charge in [0.25, 0.3) is 0 Å². The molecule has 1 heterocycles. The van der Waals surface area contributed by atoms with Gasteiger partial charge in [-0.05, 0) is 24.6 Å². The third kappa shape index (κ3) is 2.45. The normalized spacial score (nSPS) is 10.8. The van der Waals surface area contributed by atoms with Gasteiger partial charge in [0.2, 0.25) is 0 Å². The number of nitrogens with two attached hydrogens (primary N) is 1. The van der Waals surface area contributed by atoms with Crippen LogP contribution in [0.25, 0.3) is 22.5 Å². The molecule has 1 aromatic heterocycles. The molecule has 0 radical (unpaired) electrons. The summed E-state index contributed by atoms with van der Waals surface area (Å²) in [6, 6.07) is 12.5. The Labute approximate surface area is 129 Å². The van der Waals surface area contributed by atoms with Crippen LogP contribution >= 0.6 is 15.9 Å². The number of hydrogen-bond donors (Lipinski definition) is 1. The Balaban J connectivity index is 2.22. The predicted octanol–water partition coefficient (Wildman–Crippen LogP) is 4.80. The molecule has 3 aromatic rings. The average Bonchev–Trinajstić information content (AvgIpc) is 2.84. The van der Waals surface area contributed by atoms with Crippen molar-refractivity contribution in [3.05, 3.63) is 58.3 Å². The average molecular weight is 347 g/mol. The lowest BCUT2D eigenvalue weighted by Crippen LogP contribution is -1.90. The molecule has 0 unspecified atom stereocenters. The number of nitrogen functional groups attached to an aromatic ring is 1. The van der Waals surface area contributed by atoms with Crippen LogP contribution in [0.15, 0.2) is 51.5 Å². The number of rotatable bonds is 2. The highest BCUT2D eigenvalue weighted by molar-refractivity contribution is 9.10. The third-order valence-corrected chi connectivity index (χ3v) is 3.99. The molecule has 0 amide bonds. The van der Waals surface area contributed by atoms with E-state index in [9.17, 15) is 4.39 Å². The lowest BCUT2D eigenvalue weighted by molar-refractivity contribution is 0.435. The molecule has 0 fully saturated rings. The summed E-state index contributed by atoms with van der Waals surface area (Å²) in [5.74, 6) is 0.441. The number of nitrogens with zero attached hydrogens (tertiary/aromatic N) is 1. The lowest BCUT2D eigenvalue weighted by atomic mass is 10.0. The maximum Gasteiger partial charge on any atom is 0.177 e. The molecule has 0 spiro atoms. The van der Waals surface area contributed by atoms with Crippen molar-refractivity contribution in [3.8, 4) is 22.5 Å². The SMILES string of the molecule is Cc1ccc(-c2onc(N)c2-c2ccccc2Br)cc1F. The first kappa shape index (κ1) is 13.8. The van der Waals surface area contributed by atoms with Gasteiger partial charge < -0.3 is 10.3 Å². The second-order valence-electron chi connectivity index (χ2n) is 4.72. The fourth-order valence-corrected chi connectivity index (χ4v) is 2.64. The molecule has 2 N–H and O–H groups in total. The second kappa shape index (κ2) is 5.33. The molecule has 3 nitrogen and oxygen atoms in total. The summed E-state index contributed by atoms with van der Waals surface area (Å²) in [7, 11) is 0. The Bertz CT molecular complexity index is 814. The molecular formula is C16H12BrFN2O. The van der Waals surface area contributed by atoms with Crippen LogP contribution in [0.4, 0.5) is 10.2 Å². The predicted molar refractivity (Wildman–Crippen MR) is 84.2 cm³/mol. The minimum atomic E-state index is -0.291. The van der Waals surface area contributed by atoms with Gasteiger partial charge in [0.15, 0.2) is 11.6 Å². The monoisotopic (exact) mass is 346 g/mol. The van der Waals surface area contributed by atoms with E-state index in [0.29, 0.717) is 22.5 Å². The highest BCUT2D eigenvalue weighted by Crippen LogP contribution is 2.40.